The molecule has 2 N–H and O–H groups in total. The van der Waals surface area contributed by atoms with Gasteiger partial charge in [0.2, 0.25) is 0 Å². The van der Waals surface area contributed by atoms with E-state index in [1.54, 1.807) is 13.8 Å². The summed E-state index contributed by atoms with van der Waals surface area (Å²) in [6.07, 6.45) is 0. The van der Waals surface area contributed by atoms with Gasteiger partial charge in [-0.15, -0.1) is 0 Å². The van der Waals surface area contributed by atoms with Crippen molar-refractivity contribution in [3.8, 4) is 0 Å². The molecule has 3 heteroatoms. The van der Waals surface area contributed by atoms with Crippen LogP contribution in [0.5, 0.6) is 0 Å². The molecule has 0 aliphatic heterocycles. The van der Waals surface area contributed by atoms with Crippen LogP contribution in [0.15, 0.2) is 0 Å². The highest BCUT2D eigenvalue weighted by Gasteiger charge is 2.73. The summed E-state index contributed by atoms with van der Waals surface area (Å²) < 4.78 is 25.0. The Balaban J connectivity index is 2.66. The Kier molecular flexibility index (Phi) is 1.12. The van der Waals surface area contributed by atoms with Gasteiger partial charge in [0.05, 0.1) is 0 Å². The molecular weight excluding hydrogens is 124 g/mol. The summed E-state index contributed by atoms with van der Waals surface area (Å²) in [5.74, 6) is -3.10. The molecular formula is C6H11F2N. The van der Waals surface area contributed by atoms with Crippen molar-refractivity contribution in [2.24, 2.45) is 17.1 Å². The Morgan fingerprint density at radius 1 is 1.44 bits per heavy atom. The zero-order valence-corrected chi connectivity index (χ0v) is 5.62. The van der Waals surface area contributed by atoms with Crippen LogP contribution in [0.4, 0.5) is 8.78 Å². The molecule has 0 unspecified atom stereocenters. The highest BCUT2D eigenvalue weighted by Crippen LogP contribution is 2.64. The van der Waals surface area contributed by atoms with Crippen LogP contribution < -0.4 is 5.73 Å². The van der Waals surface area contributed by atoms with E-state index in [0.29, 0.717) is 0 Å². The summed E-state index contributed by atoms with van der Waals surface area (Å²) in [5, 5.41) is 0. The average Bonchev–Trinajstić information content (AvgIpc) is 2.00. The van der Waals surface area contributed by atoms with Gasteiger partial charge in [0.15, 0.2) is 0 Å². The molecule has 1 fully saturated rings. The molecule has 0 radical (unpaired) electrons. The smallest absolute Gasteiger partial charge is 0.258 e. The Morgan fingerprint density at radius 3 is 1.78 bits per heavy atom. The van der Waals surface area contributed by atoms with Crippen LogP contribution >= 0.6 is 0 Å². The number of rotatable bonds is 1. The van der Waals surface area contributed by atoms with Gasteiger partial charge in [-0.1, -0.05) is 13.8 Å². The summed E-state index contributed by atoms with van der Waals surface area (Å²) in [6, 6.07) is 0. The summed E-state index contributed by atoms with van der Waals surface area (Å²) in [4.78, 5) is 0. The van der Waals surface area contributed by atoms with E-state index in [2.05, 4.69) is 0 Å². The van der Waals surface area contributed by atoms with Crippen molar-refractivity contribution < 1.29 is 8.78 Å². The molecule has 0 bridgehead atoms. The van der Waals surface area contributed by atoms with E-state index in [4.69, 9.17) is 5.73 Å². The molecule has 1 atom stereocenters. The van der Waals surface area contributed by atoms with Crippen molar-refractivity contribution in [2.45, 2.75) is 19.8 Å². The Labute approximate surface area is 53.2 Å². The average molecular weight is 135 g/mol. The molecule has 0 heterocycles. The van der Waals surface area contributed by atoms with Gasteiger partial charge in [-0.25, -0.2) is 8.78 Å². The third kappa shape index (κ3) is 0.611. The first kappa shape index (κ1) is 6.93. The van der Waals surface area contributed by atoms with Crippen molar-refractivity contribution in [2.75, 3.05) is 6.54 Å². The van der Waals surface area contributed by atoms with E-state index >= 15 is 0 Å². The van der Waals surface area contributed by atoms with E-state index in [1.807, 2.05) is 0 Å². The van der Waals surface area contributed by atoms with Crippen LogP contribution in [0.25, 0.3) is 0 Å². The topological polar surface area (TPSA) is 26.0 Å². The largest absolute Gasteiger partial charge is 0.330 e. The monoisotopic (exact) mass is 135 g/mol. The van der Waals surface area contributed by atoms with Gasteiger partial charge in [-0.2, -0.15) is 0 Å². The lowest BCUT2D eigenvalue weighted by Gasteiger charge is -1.96. The maximum absolute atomic E-state index is 12.5. The lowest BCUT2D eigenvalue weighted by atomic mass is 10.1. The van der Waals surface area contributed by atoms with Gasteiger partial charge in [-0.05, 0) is 0 Å². The normalized spacial score (nSPS) is 36.3. The fourth-order valence-corrected chi connectivity index (χ4v) is 1.20. The molecule has 1 aliphatic carbocycles. The van der Waals surface area contributed by atoms with E-state index in [0.717, 1.165) is 0 Å². The summed E-state index contributed by atoms with van der Waals surface area (Å²) in [5.41, 5.74) is 4.26. The second-order valence-corrected chi connectivity index (χ2v) is 3.13. The fourth-order valence-electron chi connectivity index (χ4n) is 1.20. The first-order chi connectivity index (χ1) is 3.94. The molecule has 0 aromatic heterocycles. The predicted molar refractivity (Wildman–Crippen MR) is 31.3 cm³/mol. The summed E-state index contributed by atoms with van der Waals surface area (Å²) in [6.45, 7) is 3.19. The molecule has 0 spiro atoms. The number of halogens is 2. The molecule has 9 heavy (non-hydrogen) atoms. The Bertz CT molecular complexity index is 117. The number of hydrogen-bond acceptors (Lipinski definition) is 1. The van der Waals surface area contributed by atoms with Gasteiger partial charge in [0.25, 0.3) is 5.92 Å². The second kappa shape index (κ2) is 1.45. The second-order valence-electron chi connectivity index (χ2n) is 3.13. The molecule has 0 saturated heterocycles. The lowest BCUT2D eigenvalue weighted by molar-refractivity contribution is 0.0674. The lowest BCUT2D eigenvalue weighted by Crippen LogP contribution is -2.06. The zero-order chi connectivity index (χ0) is 7.28. The van der Waals surface area contributed by atoms with Crippen LogP contribution in [0, 0.1) is 11.3 Å². The highest BCUT2D eigenvalue weighted by atomic mass is 19.3. The predicted octanol–water partition coefficient (Wildman–Crippen LogP) is 1.24. The summed E-state index contributed by atoms with van der Waals surface area (Å²) in [7, 11) is 0. The summed E-state index contributed by atoms with van der Waals surface area (Å²) >= 11 is 0. The SMILES string of the molecule is CC1(C)[C@H](CN)C1(F)F. The molecule has 1 saturated carbocycles. The number of alkyl halides is 2. The molecule has 1 aliphatic rings. The van der Waals surface area contributed by atoms with Crippen LogP contribution in [0.3, 0.4) is 0 Å². The minimum absolute atomic E-state index is 0.0972. The third-order valence-electron chi connectivity index (χ3n) is 2.32. The molecule has 0 aromatic rings. The van der Waals surface area contributed by atoms with E-state index < -0.39 is 17.3 Å². The minimum Gasteiger partial charge on any atom is -0.330 e. The van der Waals surface area contributed by atoms with Gasteiger partial charge >= 0.3 is 0 Å². The maximum Gasteiger partial charge on any atom is 0.258 e. The van der Waals surface area contributed by atoms with Crippen molar-refractivity contribution >= 4 is 0 Å². The highest BCUT2D eigenvalue weighted by molar-refractivity contribution is 5.13. The van der Waals surface area contributed by atoms with Crippen LogP contribution in [-0.4, -0.2) is 12.5 Å². The van der Waals surface area contributed by atoms with E-state index in [-0.39, 0.29) is 6.54 Å². The molecule has 0 amide bonds. The van der Waals surface area contributed by atoms with E-state index in [9.17, 15) is 8.78 Å². The van der Waals surface area contributed by atoms with Gasteiger partial charge in [0.1, 0.15) is 0 Å². The molecule has 54 valence electrons. The Morgan fingerprint density at radius 2 is 1.78 bits per heavy atom. The minimum atomic E-state index is -2.51. The van der Waals surface area contributed by atoms with Gasteiger partial charge in [0, 0.05) is 17.9 Å². The van der Waals surface area contributed by atoms with Crippen molar-refractivity contribution in [1.29, 1.82) is 0 Å². The van der Waals surface area contributed by atoms with Crippen LogP contribution in [0.1, 0.15) is 13.8 Å². The third-order valence-corrected chi connectivity index (χ3v) is 2.32. The van der Waals surface area contributed by atoms with Crippen molar-refractivity contribution in [3.05, 3.63) is 0 Å². The quantitative estimate of drug-likeness (QED) is 0.575. The maximum atomic E-state index is 12.5. The first-order valence-electron chi connectivity index (χ1n) is 3.02. The zero-order valence-electron chi connectivity index (χ0n) is 5.62. The fraction of sp³-hybridized carbons (Fsp3) is 1.00. The number of nitrogens with two attached hydrogens (primary N) is 1. The molecule has 1 rings (SSSR count). The Hall–Kier alpha value is -0.180. The van der Waals surface area contributed by atoms with Crippen LogP contribution in [-0.2, 0) is 0 Å². The standard InChI is InChI=1S/C6H11F2N/c1-5(2)4(3-9)6(5,7)8/h4H,3,9H2,1-2H3/t4-/m0/s1. The molecule has 1 nitrogen and oxygen atoms in total. The van der Waals surface area contributed by atoms with Crippen molar-refractivity contribution in [1.82, 2.24) is 0 Å². The first-order valence-corrected chi connectivity index (χ1v) is 3.02. The molecule has 0 aromatic carbocycles. The van der Waals surface area contributed by atoms with Gasteiger partial charge in [-0.3, -0.25) is 0 Å². The number of hydrogen-bond donors (Lipinski definition) is 1. The van der Waals surface area contributed by atoms with Crippen molar-refractivity contribution in [3.63, 3.8) is 0 Å². The van der Waals surface area contributed by atoms with Gasteiger partial charge < -0.3 is 5.73 Å². The van der Waals surface area contributed by atoms with Crippen LogP contribution in [0.2, 0.25) is 0 Å². The van der Waals surface area contributed by atoms with E-state index in [1.165, 1.54) is 0 Å².